The van der Waals surface area contributed by atoms with Gasteiger partial charge in [-0.3, -0.25) is 9.48 Å². The highest BCUT2D eigenvalue weighted by Gasteiger charge is 2.34. The Morgan fingerprint density at radius 3 is 2.71 bits per heavy atom. The third kappa shape index (κ3) is 4.76. The summed E-state index contributed by atoms with van der Waals surface area (Å²) in [7, 11) is -2.49. The number of halogens is 3. The highest BCUT2D eigenvalue weighted by Crippen LogP contribution is 2.38. The first-order chi connectivity index (χ1) is 16.1. The van der Waals surface area contributed by atoms with Crippen LogP contribution in [0.1, 0.15) is 30.1 Å². The number of aromatic nitrogens is 2. The Morgan fingerprint density at radius 2 is 2.03 bits per heavy atom. The van der Waals surface area contributed by atoms with E-state index in [1.165, 1.54) is 52.6 Å². The number of carboxylic acid groups (broad SMARTS) is 1. The van der Waals surface area contributed by atoms with E-state index in [1.807, 2.05) is 0 Å². The second-order valence-corrected chi connectivity index (χ2v) is 10.6. The van der Waals surface area contributed by atoms with Gasteiger partial charge in [-0.15, -0.1) is 0 Å². The molecule has 1 aromatic heterocycles. The van der Waals surface area contributed by atoms with Crippen molar-refractivity contribution >= 4 is 39.2 Å². The average Bonchev–Trinajstić information content (AvgIpc) is 3.19. The maximum atomic E-state index is 13.7. The number of rotatable bonds is 7. The van der Waals surface area contributed by atoms with Crippen molar-refractivity contribution < 1.29 is 27.4 Å². The fourth-order valence-electron chi connectivity index (χ4n) is 3.96. The zero-order chi connectivity index (χ0) is 24.6. The van der Waals surface area contributed by atoms with Gasteiger partial charge in [0.25, 0.3) is 0 Å². The van der Waals surface area contributed by atoms with Gasteiger partial charge in [-0.2, -0.15) is 9.40 Å². The number of nitrogens with zero attached hydrogens (tertiary/aromatic N) is 3. The fourth-order valence-corrected chi connectivity index (χ4v) is 5.76. The van der Waals surface area contributed by atoms with Crippen LogP contribution in [0.2, 0.25) is 10.0 Å². The summed E-state index contributed by atoms with van der Waals surface area (Å²) in [6.07, 6.45) is 3.41. The molecule has 0 saturated carbocycles. The summed E-state index contributed by atoms with van der Waals surface area (Å²) in [6.45, 7) is -0.285. The summed E-state index contributed by atoms with van der Waals surface area (Å²) < 4.78 is 48.6. The molecule has 34 heavy (non-hydrogen) atoms. The van der Waals surface area contributed by atoms with Crippen LogP contribution in [0.15, 0.2) is 47.5 Å². The number of ether oxygens (including phenoxy) is 1. The van der Waals surface area contributed by atoms with Crippen LogP contribution in [-0.2, 0) is 27.8 Å². The van der Waals surface area contributed by atoms with Gasteiger partial charge < -0.3 is 9.84 Å². The Morgan fingerprint density at radius 1 is 1.26 bits per heavy atom. The van der Waals surface area contributed by atoms with E-state index in [2.05, 4.69) is 5.10 Å². The van der Waals surface area contributed by atoms with Gasteiger partial charge >= 0.3 is 5.97 Å². The molecule has 4 rings (SSSR count). The number of carboxylic acids is 1. The summed E-state index contributed by atoms with van der Waals surface area (Å²) in [6, 6.07) is 7.43. The second kappa shape index (κ2) is 9.53. The molecule has 1 aliphatic rings. The van der Waals surface area contributed by atoms with Crippen LogP contribution in [0.4, 0.5) is 4.39 Å². The molecule has 0 radical (unpaired) electrons. The van der Waals surface area contributed by atoms with Crippen molar-refractivity contribution in [2.24, 2.45) is 0 Å². The smallest absolute Gasteiger partial charge is 0.325 e. The maximum absolute atomic E-state index is 13.7. The lowest BCUT2D eigenvalue weighted by Gasteiger charge is -2.31. The van der Waals surface area contributed by atoms with Gasteiger partial charge in [0.1, 0.15) is 23.9 Å². The van der Waals surface area contributed by atoms with Crippen LogP contribution in [-0.4, -0.2) is 40.6 Å². The van der Waals surface area contributed by atoms with Crippen molar-refractivity contribution in [2.45, 2.75) is 36.7 Å². The van der Waals surface area contributed by atoms with Gasteiger partial charge in [-0.1, -0.05) is 23.2 Å². The van der Waals surface area contributed by atoms with E-state index >= 15 is 0 Å². The van der Waals surface area contributed by atoms with E-state index < -0.39 is 27.9 Å². The lowest BCUT2D eigenvalue weighted by atomic mass is 9.93. The van der Waals surface area contributed by atoms with Gasteiger partial charge in [0.15, 0.2) is 0 Å². The largest absolute Gasteiger partial charge is 0.480 e. The lowest BCUT2D eigenvalue weighted by molar-refractivity contribution is -0.137. The van der Waals surface area contributed by atoms with E-state index in [0.29, 0.717) is 24.8 Å². The SMILES string of the molecule is CN(C1CCCc2c1cnn2CC(=O)O)S(=O)(=O)c1ccc(Oc2ccc(Cl)c(F)c2)c(Cl)c1. The number of hydrogen-bond donors (Lipinski definition) is 1. The van der Waals surface area contributed by atoms with Gasteiger partial charge in [-0.25, -0.2) is 12.8 Å². The fraction of sp³-hybridized carbons (Fsp3) is 0.273. The van der Waals surface area contributed by atoms with E-state index in [1.54, 1.807) is 0 Å². The zero-order valence-corrected chi connectivity index (χ0v) is 20.2. The molecule has 3 aromatic rings. The number of hydrogen-bond acceptors (Lipinski definition) is 5. The first-order valence-electron chi connectivity index (χ1n) is 10.2. The number of carbonyl (C=O) groups is 1. The molecule has 1 unspecified atom stereocenters. The van der Waals surface area contributed by atoms with E-state index in [4.69, 9.17) is 33.0 Å². The molecule has 1 heterocycles. The van der Waals surface area contributed by atoms with Crippen LogP contribution in [0.5, 0.6) is 11.5 Å². The summed E-state index contributed by atoms with van der Waals surface area (Å²) in [5.74, 6) is -1.37. The van der Waals surface area contributed by atoms with E-state index in [-0.39, 0.29) is 33.0 Å². The molecule has 12 heteroatoms. The molecular weight excluding hydrogens is 508 g/mol. The third-order valence-electron chi connectivity index (χ3n) is 5.65. The predicted octanol–water partition coefficient (Wildman–Crippen LogP) is 4.90. The van der Waals surface area contributed by atoms with Crippen molar-refractivity contribution in [1.82, 2.24) is 14.1 Å². The number of benzene rings is 2. The monoisotopic (exact) mass is 527 g/mol. The number of fused-ring (bicyclic) bond motifs is 1. The standard InChI is InChI=1S/C22H20Cl2FN3O5S/c1-27(19-3-2-4-20-15(19)11-26-28(20)12-22(29)30)34(31,32)14-6-8-21(17(24)10-14)33-13-5-7-16(23)18(25)9-13/h5-11,19H,2-4,12H2,1H3,(H,29,30). The molecule has 0 spiro atoms. The second-order valence-electron chi connectivity index (χ2n) is 7.80. The van der Waals surface area contributed by atoms with Crippen LogP contribution in [0.3, 0.4) is 0 Å². The Kier molecular flexibility index (Phi) is 6.86. The minimum absolute atomic E-state index is 0.0310. The minimum atomic E-state index is -3.96. The Labute approximate surface area is 205 Å². The molecule has 2 aromatic carbocycles. The van der Waals surface area contributed by atoms with Crippen molar-refractivity contribution in [3.8, 4) is 11.5 Å². The van der Waals surface area contributed by atoms with Crippen LogP contribution in [0, 0.1) is 5.82 Å². The van der Waals surface area contributed by atoms with E-state index in [0.717, 1.165) is 11.8 Å². The van der Waals surface area contributed by atoms with Gasteiger partial charge in [0, 0.05) is 24.4 Å². The first-order valence-corrected chi connectivity index (χ1v) is 12.4. The van der Waals surface area contributed by atoms with Crippen LogP contribution in [0.25, 0.3) is 0 Å². The quantitative estimate of drug-likeness (QED) is 0.468. The Hall–Kier alpha value is -2.66. The Bertz CT molecular complexity index is 1360. The topological polar surface area (TPSA) is 102 Å². The molecular formula is C22H20Cl2FN3O5S. The number of sulfonamides is 1. The van der Waals surface area contributed by atoms with E-state index in [9.17, 15) is 17.6 Å². The molecule has 8 nitrogen and oxygen atoms in total. The highest BCUT2D eigenvalue weighted by molar-refractivity contribution is 7.89. The van der Waals surface area contributed by atoms with Crippen LogP contribution >= 0.6 is 23.2 Å². The third-order valence-corrected chi connectivity index (χ3v) is 8.12. The summed E-state index contributed by atoms with van der Waals surface area (Å²) >= 11 is 12.0. The van der Waals surface area contributed by atoms with Gasteiger partial charge in [0.05, 0.1) is 27.2 Å². The maximum Gasteiger partial charge on any atom is 0.325 e. The molecule has 1 atom stereocenters. The predicted molar refractivity (Wildman–Crippen MR) is 123 cm³/mol. The molecule has 0 aliphatic heterocycles. The normalized spacial score (nSPS) is 15.9. The van der Waals surface area contributed by atoms with Crippen LogP contribution < -0.4 is 4.74 Å². The van der Waals surface area contributed by atoms with Crippen molar-refractivity contribution in [1.29, 1.82) is 0 Å². The van der Waals surface area contributed by atoms with Gasteiger partial charge in [0.2, 0.25) is 10.0 Å². The molecule has 180 valence electrons. The molecule has 0 saturated heterocycles. The molecule has 1 aliphatic carbocycles. The lowest BCUT2D eigenvalue weighted by Crippen LogP contribution is -2.33. The van der Waals surface area contributed by atoms with Crippen molar-refractivity contribution in [3.05, 3.63) is 69.7 Å². The Balaban J connectivity index is 1.59. The molecule has 0 amide bonds. The first kappa shape index (κ1) is 24.5. The van der Waals surface area contributed by atoms with Crippen molar-refractivity contribution in [3.63, 3.8) is 0 Å². The highest BCUT2D eigenvalue weighted by atomic mass is 35.5. The molecule has 1 N–H and O–H groups in total. The zero-order valence-electron chi connectivity index (χ0n) is 17.9. The molecule has 0 bridgehead atoms. The summed E-state index contributed by atoms with van der Waals surface area (Å²) in [5.41, 5.74) is 1.41. The summed E-state index contributed by atoms with van der Waals surface area (Å²) in [4.78, 5) is 11.1. The average molecular weight is 528 g/mol. The van der Waals surface area contributed by atoms with Crippen molar-refractivity contribution in [2.75, 3.05) is 7.05 Å². The minimum Gasteiger partial charge on any atom is -0.480 e. The van der Waals surface area contributed by atoms with Gasteiger partial charge in [-0.05, 0) is 49.6 Å². The molecule has 0 fully saturated rings. The number of aliphatic carboxylic acids is 1. The summed E-state index contributed by atoms with van der Waals surface area (Å²) in [5, 5.41) is 13.2.